The van der Waals surface area contributed by atoms with Crippen molar-refractivity contribution in [2.45, 2.75) is 0 Å². The molecule has 0 aliphatic rings. The fraction of sp³-hybridized carbons (Fsp3) is 0. The first-order valence-electron chi connectivity index (χ1n) is 0.548. The summed E-state index contributed by atoms with van der Waals surface area (Å²) in [6.45, 7) is 0. The molecule has 0 bridgehead atoms. The van der Waals surface area contributed by atoms with E-state index in [-0.39, 0.29) is 35.6 Å². The molecule has 0 aromatic rings. The summed E-state index contributed by atoms with van der Waals surface area (Å²) < 4.78 is 0. The van der Waals surface area contributed by atoms with Crippen LogP contribution in [0.3, 0.4) is 0 Å². The zero-order valence-corrected chi connectivity index (χ0v) is 4.05. The minimum Gasteiger partial charge on any atom is -0.356 e. The van der Waals surface area contributed by atoms with Crippen LogP contribution in [0.15, 0.2) is 0 Å². The molecule has 0 aliphatic heterocycles. The molecule has 33 valence electrons. The van der Waals surface area contributed by atoms with Crippen LogP contribution in [0.25, 0.3) is 0 Å². The summed E-state index contributed by atoms with van der Waals surface area (Å²) in [5.41, 5.74) is 0. The van der Waals surface area contributed by atoms with Gasteiger partial charge in [0.1, 0.15) is 0 Å². The number of rotatable bonds is 0. The number of hydrogen-bond donors (Lipinski definition) is 0. The maximum atomic E-state index is 8.25. The second-order valence-electron chi connectivity index (χ2n) is 0.224. The van der Waals surface area contributed by atoms with Crippen LogP contribution in [0.2, 0.25) is 0 Å². The van der Waals surface area contributed by atoms with Crippen LogP contribution in [0.5, 0.6) is 0 Å². The number of nitrogens with zero attached hydrogens (tertiary/aromatic N) is 1. The van der Waals surface area contributed by atoms with Gasteiger partial charge in [-0.05, 0) is 0 Å². The van der Waals surface area contributed by atoms with E-state index in [9.17, 15) is 0 Å². The Labute approximate surface area is 56.4 Å². The molecular weight excluding hydrogens is 128 g/mol. The molecule has 0 saturated carbocycles. The predicted molar refractivity (Wildman–Crippen MR) is 10.4 cm³/mol. The van der Waals surface area contributed by atoms with E-state index in [1.165, 1.54) is 0 Å². The van der Waals surface area contributed by atoms with Gasteiger partial charge >= 0.3 is 18.9 Å². The van der Waals surface area contributed by atoms with Crippen LogP contribution < -0.4 is 18.9 Å². The molecule has 0 atom stereocenters. The van der Waals surface area contributed by atoms with Crippen molar-refractivity contribution < 1.29 is 40.7 Å². The van der Waals surface area contributed by atoms with E-state index in [4.69, 9.17) is 15.3 Å². The van der Waals surface area contributed by atoms with Gasteiger partial charge in [0.2, 0.25) is 0 Å². The number of hydrogen-bond acceptors (Lipinski definition) is 3. The van der Waals surface area contributed by atoms with Crippen molar-refractivity contribution >= 4 is 0 Å². The van der Waals surface area contributed by atoms with Crippen molar-refractivity contribution in [2.24, 2.45) is 0 Å². The van der Waals surface area contributed by atoms with Gasteiger partial charge in [-0.25, -0.2) is 0 Å². The third-order valence-corrected chi connectivity index (χ3v) is 0. The van der Waals surface area contributed by atoms with Crippen molar-refractivity contribution in [1.82, 2.24) is 0 Å². The van der Waals surface area contributed by atoms with Crippen molar-refractivity contribution in [3.8, 4) is 0 Å². The van der Waals surface area contributed by atoms with Crippen molar-refractivity contribution in [3.05, 3.63) is 15.3 Å². The van der Waals surface area contributed by atoms with Gasteiger partial charge in [-0.1, -0.05) is 0 Å². The molecule has 0 aliphatic carbocycles. The molecule has 0 heterocycles. The normalized spacial score (nSPS) is 4.00. The Morgan fingerprint density at radius 2 is 1.33 bits per heavy atom. The topological polar surface area (TPSA) is 66.2 Å². The SMILES string of the molecule is O=[N+]([O-])[O-].[Co].[Li+]. The minimum absolute atomic E-state index is 0. The van der Waals surface area contributed by atoms with Crippen molar-refractivity contribution in [1.29, 1.82) is 0 Å². The van der Waals surface area contributed by atoms with Crippen LogP contribution in [0.1, 0.15) is 0 Å². The van der Waals surface area contributed by atoms with Crippen LogP contribution >= 0.6 is 0 Å². The molecule has 0 aromatic heterocycles. The largest absolute Gasteiger partial charge is 1.00 e. The first-order chi connectivity index (χ1) is 1.73. The Balaban J connectivity index is -0.0000000450. The summed E-state index contributed by atoms with van der Waals surface area (Å²) in [6, 6.07) is 0. The molecule has 0 fully saturated rings. The first kappa shape index (κ1) is 16.2. The average molecular weight is 128 g/mol. The van der Waals surface area contributed by atoms with Gasteiger partial charge in [-0.15, -0.1) is 0 Å². The van der Waals surface area contributed by atoms with Gasteiger partial charge < -0.3 is 15.3 Å². The zero-order valence-electron chi connectivity index (χ0n) is 3.01. The van der Waals surface area contributed by atoms with Crippen LogP contribution in [0, 0.1) is 15.3 Å². The van der Waals surface area contributed by atoms with E-state index in [1.54, 1.807) is 0 Å². The Bertz CT molecular complexity index is 33.8. The summed E-state index contributed by atoms with van der Waals surface area (Å²) in [6.07, 6.45) is 0. The Morgan fingerprint density at radius 1 is 1.33 bits per heavy atom. The first-order valence-corrected chi connectivity index (χ1v) is 0.548. The van der Waals surface area contributed by atoms with Gasteiger partial charge in [-0.3, -0.25) is 0 Å². The van der Waals surface area contributed by atoms with E-state index >= 15 is 0 Å². The second kappa shape index (κ2) is 9.00. The van der Waals surface area contributed by atoms with Crippen LogP contribution in [-0.2, 0) is 16.8 Å². The molecule has 6 heteroatoms. The molecule has 0 spiro atoms. The predicted octanol–water partition coefficient (Wildman–Crippen LogP) is -3.24. The minimum atomic E-state index is -1.75. The third kappa shape index (κ3) is 509. The van der Waals surface area contributed by atoms with Crippen LogP contribution in [-0.4, -0.2) is 5.09 Å². The standard InChI is InChI=1S/Co.Li.NO3/c;;2-1(3)4/q;+1;-1. The molecule has 0 unspecified atom stereocenters. The average Bonchev–Trinajstić information content (AvgIpc) is 0.811. The zero-order chi connectivity index (χ0) is 3.58. The fourth-order valence-corrected chi connectivity index (χ4v) is 0. The smallest absolute Gasteiger partial charge is 0.356 e. The van der Waals surface area contributed by atoms with E-state index < -0.39 is 5.09 Å². The molecule has 0 amide bonds. The summed E-state index contributed by atoms with van der Waals surface area (Å²) in [5, 5.41) is 14.8. The van der Waals surface area contributed by atoms with Gasteiger partial charge in [0, 0.05) is 16.8 Å². The Kier molecular flexibility index (Phi) is 24.4. The molecule has 0 N–H and O–H groups in total. The summed E-state index contributed by atoms with van der Waals surface area (Å²) in [7, 11) is 0. The molecule has 6 heavy (non-hydrogen) atoms. The van der Waals surface area contributed by atoms with E-state index in [2.05, 4.69) is 0 Å². The summed E-state index contributed by atoms with van der Waals surface area (Å²) >= 11 is 0. The monoisotopic (exact) mass is 128 g/mol. The van der Waals surface area contributed by atoms with Crippen molar-refractivity contribution in [2.75, 3.05) is 0 Å². The maximum absolute atomic E-state index is 8.25. The molecule has 4 nitrogen and oxygen atoms in total. The molecule has 1 radical (unpaired) electrons. The molecule has 0 rings (SSSR count). The van der Waals surface area contributed by atoms with Gasteiger partial charge in [0.15, 0.2) is 0 Å². The quantitative estimate of drug-likeness (QED) is 0.195. The Hall–Kier alpha value is 0.304. The second-order valence-corrected chi connectivity index (χ2v) is 0.224. The van der Waals surface area contributed by atoms with Crippen molar-refractivity contribution in [3.63, 3.8) is 0 Å². The maximum Gasteiger partial charge on any atom is 1.00 e. The van der Waals surface area contributed by atoms with Gasteiger partial charge in [0.05, 0.1) is 5.09 Å². The van der Waals surface area contributed by atoms with E-state index in [0.717, 1.165) is 0 Å². The summed E-state index contributed by atoms with van der Waals surface area (Å²) in [5.74, 6) is 0. The van der Waals surface area contributed by atoms with Gasteiger partial charge in [0.25, 0.3) is 0 Å². The third-order valence-electron chi connectivity index (χ3n) is 0. The molecule has 0 aromatic carbocycles. The fourth-order valence-electron chi connectivity index (χ4n) is 0. The summed E-state index contributed by atoms with van der Waals surface area (Å²) in [4.78, 5) is 8.25. The molecule has 0 saturated heterocycles. The van der Waals surface area contributed by atoms with Crippen LogP contribution in [0.4, 0.5) is 0 Å². The van der Waals surface area contributed by atoms with Gasteiger partial charge in [-0.2, -0.15) is 0 Å². The van der Waals surface area contributed by atoms with E-state index in [1.807, 2.05) is 0 Å². The molecular formula is CoLiNO3. The Morgan fingerprint density at radius 3 is 1.33 bits per heavy atom. The van der Waals surface area contributed by atoms with E-state index in [0.29, 0.717) is 0 Å².